The van der Waals surface area contributed by atoms with Gasteiger partial charge in [-0.15, -0.1) is 0 Å². The third-order valence-electron chi connectivity index (χ3n) is 5.37. The van der Waals surface area contributed by atoms with Gasteiger partial charge in [-0.3, -0.25) is 9.69 Å². The van der Waals surface area contributed by atoms with Gasteiger partial charge in [-0.1, -0.05) is 78.9 Å². The van der Waals surface area contributed by atoms with Crippen molar-refractivity contribution >= 4 is 5.91 Å². The number of carbonyl (C=O) groups excluding carboxylic acids is 1. The van der Waals surface area contributed by atoms with Crippen LogP contribution in [0, 0.1) is 0 Å². The monoisotopic (exact) mass is 370 g/mol. The van der Waals surface area contributed by atoms with Crippen LogP contribution in [0.5, 0.6) is 0 Å². The molecule has 28 heavy (non-hydrogen) atoms. The predicted octanol–water partition coefficient (Wildman–Crippen LogP) is 4.70. The molecule has 1 aliphatic rings. The van der Waals surface area contributed by atoms with Crippen LogP contribution >= 0.6 is 0 Å². The van der Waals surface area contributed by atoms with Gasteiger partial charge in [-0.05, 0) is 29.2 Å². The van der Waals surface area contributed by atoms with Gasteiger partial charge in [0, 0.05) is 38.3 Å². The second kappa shape index (κ2) is 8.85. The van der Waals surface area contributed by atoms with Crippen molar-refractivity contribution in [1.29, 1.82) is 0 Å². The highest BCUT2D eigenvalue weighted by Crippen LogP contribution is 2.25. The molecule has 0 spiro atoms. The number of benzene rings is 3. The van der Waals surface area contributed by atoms with Crippen LogP contribution < -0.4 is 0 Å². The first kappa shape index (κ1) is 18.5. The lowest BCUT2D eigenvalue weighted by Gasteiger charge is -2.23. The van der Waals surface area contributed by atoms with Crippen LogP contribution in [0.25, 0.3) is 11.1 Å². The van der Waals surface area contributed by atoms with Gasteiger partial charge in [0.2, 0.25) is 0 Å². The van der Waals surface area contributed by atoms with Crippen molar-refractivity contribution in [2.24, 2.45) is 0 Å². The number of carbonyl (C=O) groups is 1. The molecular weight excluding hydrogens is 344 g/mol. The largest absolute Gasteiger partial charge is 0.337 e. The second-order valence-electron chi connectivity index (χ2n) is 7.32. The third kappa shape index (κ3) is 4.32. The van der Waals surface area contributed by atoms with Gasteiger partial charge in [0.25, 0.3) is 5.91 Å². The zero-order chi connectivity index (χ0) is 19.2. The predicted molar refractivity (Wildman–Crippen MR) is 114 cm³/mol. The fraction of sp³-hybridized carbons (Fsp3) is 0.240. The fourth-order valence-corrected chi connectivity index (χ4v) is 3.88. The van der Waals surface area contributed by atoms with E-state index in [0.29, 0.717) is 0 Å². The first-order valence-electron chi connectivity index (χ1n) is 10.0. The van der Waals surface area contributed by atoms with Crippen LogP contribution in [-0.2, 0) is 6.54 Å². The maximum Gasteiger partial charge on any atom is 0.254 e. The van der Waals surface area contributed by atoms with E-state index in [-0.39, 0.29) is 5.91 Å². The molecular formula is C25H26N2O. The SMILES string of the molecule is O=C(c1ccccc1-c1ccccc1)N1CCCN(Cc2ccccc2)CC1. The molecule has 3 aromatic carbocycles. The highest BCUT2D eigenvalue weighted by atomic mass is 16.2. The minimum atomic E-state index is 0.140. The zero-order valence-corrected chi connectivity index (χ0v) is 16.1. The Morgan fingerprint density at radius 3 is 2.18 bits per heavy atom. The van der Waals surface area contributed by atoms with E-state index in [1.807, 2.05) is 47.4 Å². The van der Waals surface area contributed by atoms with Crippen LogP contribution in [0.15, 0.2) is 84.9 Å². The van der Waals surface area contributed by atoms with Crippen LogP contribution in [0.4, 0.5) is 0 Å². The number of amides is 1. The molecule has 0 radical (unpaired) electrons. The maximum absolute atomic E-state index is 13.3. The third-order valence-corrected chi connectivity index (χ3v) is 5.37. The second-order valence-corrected chi connectivity index (χ2v) is 7.32. The Morgan fingerprint density at radius 2 is 1.39 bits per heavy atom. The van der Waals surface area contributed by atoms with E-state index in [1.165, 1.54) is 5.56 Å². The summed E-state index contributed by atoms with van der Waals surface area (Å²) in [5.74, 6) is 0.140. The standard InChI is InChI=1S/C25H26N2O/c28-25(24-15-8-7-14-23(24)22-12-5-2-6-13-22)27-17-9-16-26(18-19-27)20-21-10-3-1-4-11-21/h1-8,10-15H,9,16-20H2. The van der Waals surface area contributed by atoms with Crippen LogP contribution in [-0.4, -0.2) is 41.9 Å². The molecule has 0 aromatic heterocycles. The Morgan fingerprint density at radius 1 is 0.714 bits per heavy atom. The molecule has 0 bridgehead atoms. The highest BCUT2D eigenvalue weighted by molar-refractivity contribution is 6.00. The molecule has 0 N–H and O–H groups in total. The van der Waals surface area contributed by atoms with Gasteiger partial charge in [0.05, 0.1) is 0 Å². The zero-order valence-electron chi connectivity index (χ0n) is 16.1. The summed E-state index contributed by atoms with van der Waals surface area (Å²) in [6.45, 7) is 4.47. The van der Waals surface area contributed by atoms with Crippen LogP contribution in [0.1, 0.15) is 22.3 Å². The highest BCUT2D eigenvalue weighted by Gasteiger charge is 2.22. The Hall–Kier alpha value is -2.91. The molecule has 0 aliphatic carbocycles. The van der Waals surface area contributed by atoms with Gasteiger partial charge < -0.3 is 4.90 Å². The normalized spacial score (nSPS) is 15.2. The Balaban J connectivity index is 1.48. The van der Waals surface area contributed by atoms with Crippen molar-refractivity contribution in [3.8, 4) is 11.1 Å². The number of hydrogen-bond donors (Lipinski definition) is 0. The van der Waals surface area contributed by atoms with Crippen molar-refractivity contribution in [3.05, 3.63) is 96.1 Å². The number of hydrogen-bond acceptors (Lipinski definition) is 2. The lowest BCUT2D eigenvalue weighted by molar-refractivity contribution is 0.0762. The minimum absolute atomic E-state index is 0.140. The molecule has 0 saturated carbocycles. The molecule has 0 unspecified atom stereocenters. The van der Waals surface area contributed by atoms with E-state index >= 15 is 0 Å². The Labute approximate surface area is 167 Å². The Bertz CT molecular complexity index is 908. The van der Waals surface area contributed by atoms with Gasteiger partial charge in [0.1, 0.15) is 0 Å². The molecule has 1 fully saturated rings. The van der Waals surface area contributed by atoms with Gasteiger partial charge in [-0.25, -0.2) is 0 Å². The van der Waals surface area contributed by atoms with Crippen molar-refractivity contribution in [2.75, 3.05) is 26.2 Å². The summed E-state index contributed by atoms with van der Waals surface area (Å²) in [7, 11) is 0. The first-order chi connectivity index (χ1) is 13.8. The molecule has 1 amide bonds. The maximum atomic E-state index is 13.3. The molecule has 3 heteroatoms. The van der Waals surface area contributed by atoms with Crippen molar-refractivity contribution < 1.29 is 4.79 Å². The van der Waals surface area contributed by atoms with Crippen molar-refractivity contribution in [3.63, 3.8) is 0 Å². The first-order valence-corrected chi connectivity index (χ1v) is 10.0. The van der Waals surface area contributed by atoms with Gasteiger partial charge in [0.15, 0.2) is 0 Å². The van der Waals surface area contributed by atoms with E-state index in [1.54, 1.807) is 0 Å². The molecule has 3 nitrogen and oxygen atoms in total. The van der Waals surface area contributed by atoms with Crippen molar-refractivity contribution in [2.45, 2.75) is 13.0 Å². The van der Waals surface area contributed by atoms with E-state index in [0.717, 1.165) is 55.8 Å². The molecule has 1 saturated heterocycles. The van der Waals surface area contributed by atoms with E-state index in [9.17, 15) is 4.79 Å². The molecule has 0 atom stereocenters. The molecule has 3 aromatic rings. The average Bonchev–Trinajstić information content (AvgIpc) is 3.00. The summed E-state index contributed by atoms with van der Waals surface area (Å²) in [4.78, 5) is 17.8. The molecule has 1 heterocycles. The minimum Gasteiger partial charge on any atom is -0.337 e. The van der Waals surface area contributed by atoms with Gasteiger partial charge >= 0.3 is 0 Å². The molecule has 1 aliphatic heterocycles. The van der Waals surface area contributed by atoms with Gasteiger partial charge in [-0.2, -0.15) is 0 Å². The summed E-state index contributed by atoms with van der Waals surface area (Å²) >= 11 is 0. The van der Waals surface area contributed by atoms with E-state index < -0.39 is 0 Å². The van der Waals surface area contributed by atoms with E-state index in [2.05, 4.69) is 47.4 Å². The smallest absolute Gasteiger partial charge is 0.254 e. The fourth-order valence-electron chi connectivity index (χ4n) is 3.88. The topological polar surface area (TPSA) is 23.6 Å². The van der Waals surface area contributed by atoms with Crippen molar-refractivity contribution in [1.82, 2.24) is 9.80 Å². The summed E-state index contributed by atoms with van der Waals surface area (Å²) in [6, 6.07) is 28.7. The lowest BCUT2D eigenvalue weighted by atomic mass is 9.99. The molecule has 4 rings (SSSR count). The summed E-state index contributed by atoms with van der Waals surface area (Å²) in [6.07, 6.45) is 1.01. The quantitative estimate of drug-likeness (QED) is 0.664. The lowest BCUT2D eigenvalue weighted by Crippen LogP contribution is -2.35. The molecule has 142 valence electrons. The van der Waals surface area contributed by atoms with E-state index in [4.69, 9.17) is 0 Å². The number of nitrogens with zero attached hydrogens (tertiary/aromatic N) is 2. The van der Waals surface area contributed by atoms with Crippen LogP contribution in [0.2, 0.25) is 0 Å². The van der Waals surface area contributed by atoms with Crippen LogP contribution in [0.3, 0.4) is 0 Å². The summed E-state index contributed by atoms with van der Waals surface area (Å²) in [5, 5.41) is 0. The number of rotatable bonds is 4. The average molecular weight is 370 g/mol. The Kier molecular flexibility index (Phi) is 5.83. The summed E-state index contributed by atoms with van der Waals surface area (Å²) in [5.41, 5.74) is 4.23. The summed E-state index contributed by atoms with van der Waals surface area (Å²) < 4.78 is 0.